The number of amides is 2. The Morgan fingerprint density at radius 1 is 1.47 bits per heavy atom. The van der Waals surface area contributed by atoms with E-state index in [1.165, 1.54) is 6.92 Å². The highest BCUT2D eigenvalue weighted by Gasteiger charge is 2.00. The van der Waals surface area contributed by atoms with Crippen molar-refractivity contribution in [1.29, 1.82) is 0 Å². The van der Waals surface area contributed by atoms with Gasteiger partial charge in [0.1, 0.15) is 5.78 Å². The molecule has 5 nitrogen and oxygen atoms in total. The lowest BCUT2D eigenvalue weighted by molar-refractivity contribution is -0.116. The second-order valence-corrected chi connectivity index (χ2v) is 3.07. The second-order valence-electron chi connectivity index (χ2n) is 3.07. The first kappa shape index (κ1) is 11.2. The Hall–Kier alpha value is -1.91. The Labute approximate surface area is 87.9 Å². The maximum absolute atomic E-state index is 11.2. The normalized spacial score (nSPS) is 9.40. The lowest BCUT2D eigenvalue weighted by atomic mass is 10.3. The third-order valence-electron chi connectivity index (χ3n) is 1.68. The van der Waals surface area contributed by atoms with E-state index in [0.717, 1.165) is 0 Å². The molecular formula is C10H13N3O2. The van der Waals surface area contributed by atoms with Crippen LogP contribution in [0.3, 0.4) is 0 Å². The number of hydrogen-bond acceptors (Lipinski definition) is 3. The van der Waals surface area contributed by atoms with Crippen molar-refractivity contribution < 1.29 is 9.59 Å². The topological polar surface area (TPSA) is 71.1 Å². The van der Waals surface area contributed by atoms with Crippen molar-refractivity contribution in [3.63, 3.8) is 0 Å². The number of carbonyl (C=O) groups is 2. The highest BCUT2D eigenvalue weighted by atomic mass is 16.2. The standard InChI is InChI=1S/C10H13N3O2/c1-8(14)4-6-12-10(15)13-9-3-2-5-11-7-9/h2-3,5,7H,4,6H2,1H3,(H2,12,13,15). The van der Waals surface area contributed by atoms with E-state index >= 15 is 0 Å². The number of Topliss-reactive ketones (excluding diaryl/α,β-unsaturated/α-hetero) is 1. The van der Waals surface area contributed by atoms with Crippen molar-refractivity contribution in [2.45, 2.75) is 13.3 Å². The van der Waals surface area contributed by atoms with Gasteiger partial charge in [-0.3, -0.25) is 9.78 Å². The second kappa shape index (κ2) is 5.74. The molecule has 5 heteroatoms. The summed E-state index contributed by atoms with van der Waals surface area (Å²) in [6.07, 6.45) is 3.52. The van der Waals surface area contributed by atoms with Crippen molar-refractivity contribution in [1.82, 2.24) is 10.3 Å². The van der Waals surface area contributed by atoms with Gasteiger partial charge in [0.25, 0.3) is 0 Å². The van der Waals surface area contributed by atoms with Crippen LogP contribution in [0, 0.1) is 0 Å². The van der Waals surface area contributed by atoms with Crippen molar-refractivity contribution in [3.8, 4) is 0 Å². The number of carbonyl (C=O) groups excluding carboxylic acids is 2. The minimum Gasteiger partial charge on any atom is -0.337 e. The van der Waals surface area contributed by atoms with E-state index < -0.39 is 0 Å². The number of aromatic nitrogens is 1. The number of nitrogens with one attached hydrogen (secondary N) is 2. The third kappa shape index (κ3) is 4.75. The minimum absolute atomic E-state index is 0.0525. The first-order valence-corrected chi connectivity index (χ1v) is 4.63. The summed E-state index contributed by atoms with van der Waals surface area (Å²) in [4.78, 5) is 25.7. The van der Waals surface area contributed by atoms with E-state index in [2.05, 4.69) is 15.6 Å². The van der Waals surface area contributed by atoms with Gasteiger partial charge in [-0.25, -0.2) is 4.79 Å². The number of urea groups is 1. The zero-order chi connectivity index (χ0) is 11.1. The lowest BCUT2D eigenvalue weighted by Gasteiger charge is -2.05. The van der Waals surface area contributed by atoms with Crippen LogP contribution in [-0.2, 0) is 4.79 Å². The molecule has 0 saturated carbocycles. The van der Waals surface area contributed by atoms with Crippen LogP contribution in [0.25, 0.3) is 0 Å². The summed E-state index contributed by atoms with van der Waals surface area (Å²) in [6, 6.07) is 3.13. The molecule has 0 unspecified atom stereocenters. The van der Waals surface area contributed by atoms with Gasteiger partial charge in [0, 0.05) is 19.2 Å². The van der Waals surface area contributed by atoms with Gasteiger partial charge in [-0.05, 0) is 19.1 Å². The quantitative estimate of drug-likeness (QED) is 0.778. The Bertz CT molecular complexity index is 338. The fourth-order valence-corrected chi connectivity index (χ4v) is 0.964. The molecule has 0 radical (unpaired) electrons. The predicted octanol–water partition coefficient (Wildman–Crippen LogP) is 1.18. The van der Waals surface area contributed by atoms with E-state index in [-0.39, 0.29) is 11.8 Å². The van der Waals surface area contributed by atoms with Crippen LogP contribution in [0.4, 0.5) is 10.5 Å². The number of pyridine rings is 1. The van der Waals surface area contributed by atoms with Crippen molar-refractivity contribution in [3.05, 3.63) is 24.5 Å². The van der Waals surface area contributed by atoms with Crippen molar-refractivity contribution in [2.24, 2.45) is 0 Å². The molecule has 0 atom stereocenters. The van der Waals surface area contributed by atoms with E-state index in [1.54, 1.807) is 24.5 Å². The SMILES string of the molecule is CC(=O)CCNC(=O)Nc1cccnc1. The van der Waals surface area contributed by atoms with Crippen LogP contribution < -0.4 is 10.6 Å². The summed E-state index contributed by atoms with van der Waals surface area (Å²) >= 11 is 0. The van der Waals surface area contributed by atoms with E-state index in [4.69, 9.17) is 0 Å². The summed E-state index contributed by atoms with van der Waals surface area (Å²) in [6.45, 7) is 1.84. The van der Waals surface area contributed by atoms with E-state index in [0.29, 0.717) is 18.7 Å². The molecule has 0 bridgehead atoms. The first-order chi connectivity index (χ1) is 7.18. The molecule has 80 valence electrons. The van der Waals surface area contributed by atoms with E-state index in [1.807, 2.05) is 0 Å². The van der Waals surface area contributed by atoms with Gasteiger partial charge in [0.2, 0.25) is 0 Å². The summed E-state index contributed by atoms with van der Waals surface area (Å²) < 4.78 is 0. The molecule has 2 N–H and O–H groups in total. The molecule has 1 rings (SSSR count). The van der Waals surface area contributed by atoms with Gasteiger partial charge in [-0.15, -0.1) is 0 Å². The van der Waals surface area contributed by atoms with Gasteiger partial charge in [0.15, 0.2) is 0 Å². The average molecular weight is 207 g/mol. The highest BCUT2D eigenvalue weighted by molar-refractivity contribution is 5.89. The predicted molar refractivity (Wildman–Crippen MR) is 56.6 cm³/mol. The zero-order valence-electron chi connectivity index (χ0n) is 8.49. The molecule has 15 heavy (non-hydrogen) atoms. The molecule has 2 amide bonds. The lowest BCUT2D eigenvalue weighted by Crippen LogP contribution is -2.30. The summed E-state index contributed by atoms with van der Waals surface area (Å²) in [5, 5.41) is 5.16. The maximum atomic E-state index is 11.2. The van der Waals surface area contributed by atoms with Crippen LogP contribution in [0.2, 0.25) is 0 Å². The molecule has 0 aromatic carbocycles. The molecule has 0 aliphatic rings. The fraction of sp³-hybridized carbons (Fsp3) is 0.300. The molecule has 1 aromatic heterocycles. The Kier molecular flexibility index (Phi) is 4.28. The molecular weight excluding hydrogens is 194 g/mol. The molecule has 0 saturated heterocycles. The zero-order valence-corrected chi connectivity index (χ0v) is 8.49. The first-order valence-electron chi connectivity index (χ1n) is 4.63. The van der Waals surface area contributed by atoms with Crippen LogP contribution in [-0.4, -0.2) is 23.3 Å². The average Bonchev–Trinajstić information content (AvgIpc) is 2.18. The largest absolute Gasteiger partial charge is 0.337 e. The minimum atomic E-state index is -0.329. The van der Waals surface area contributed by atoms with Crippen LogP contribution >= 0.6 is 0 Å². The van der Waals surface area contributed by atoms with Gasteiger partial charge in [0.05, 0.1) is 11.9 Å². The summed E-state index contributed by atoms with van der Waals surface area (Å²) in [5.74, 6) is 0.0525. The van der Waals surface area contributed by atoms with Crippen LogP contribution in [0.5, 0.6) is 0 Å². The van der Waals surface area contributed by atoms with Gasteiger partial charge >= 0.3 is 6.03 Å². The molecule has 0 spiro atoms. The van der Waals surface area contributed by atoms with Gasteiger partial charge in [-0.1, -0.05) is 0 Å². The van der Waals surface area contributed by atoms with Crippen molar-refractivity contribution in [2.75, 3.05) is 11.9 Å². The van der Waals surface area contributed by atoms with Gasteiger partial charge < -0.3 is 10.6 Å². The monoisotopic (exact) mass is 207 g/mol. The molecule has 1 heterocycles. The number of hydrogen-bond donors (Lipinski definition) is 2. The number of nitrogens with zero attached hydrogens (tertiary/aromatic N) is 1. The summed E-state index contributed by atoms with van der Waals surface area (Å²) in [5.41, 5.74) is 0.623. The van der Waals surface area contributed by atoms with Crippen LogP contribution in [0.15, 0.2) is 24.5 Å². The van der Waals surface area contributed by atoms with E-state index in [9.17, 15) is 9.59 Å². The highest BCUT2D eigenvalue weighted by Crippen LogP contribution is 2.01. The molecule has 1 aromatic rings. The Morgan fingerprint density at radius 2 is 2.27 bits per heavy atom. The maximum Gasteiger partial charge on any atom is 0.319 e. The molecule has 0 aliphatic heterocycles. The summed E-state index contributed by atoms with van der Waals surface area (Å²) in [7, 11) is 0. The Morgan fingerprint density at radius 3 is 2.87 bits per heavy atom. The van der Waals surface area contributed by atoms with Crippen LogP contribution in [0.1, 0.15) is 13.3 Å². The third-order valence-corrected chi connectivity index (χ3v) is 1.68. The number of rotatable bonds is 4. The van der Waals surface area contributed by atoms with Crippen molar-refractivity contribution >= 4 is 17.5 Å². The smallest absolute Gasteiger partial charge is 0.319 e. The number of ketones is 1. The van der Waals surface area contributed by atoms with Gasteiger partial charge in [-0.2, -0.15) is 0 Å². The number of anilines is 1. The Balaban J connectivity index is 2.28. The molecule has 0 aliphatic carbocycles. The fourth-order valence-electron chi connectivity index (χ4n) is 0.964. The molecule has 0 fully saturated rings.